The highest BCUT2D eigenvalue weighted by Crippen LogP contribution is 2.62. The van der Waals surface area contributed by atoms with E-state index in [1.807, 2.05) is 0 Å². The number of rotatable bonds is 2. The predicted octanol–water partition coefficient (Wildman–Crippen LogP) is 14.4. The van der Waals surface area contributed by atoms with Crippen LogP contribution >= 0.6 is 0 Å². The summed E-state index contributed by atoms with van der Waals surface area (Å²) in [6.45, 7) is 0. The molecule has 0 radical (unpaired) electrons. The summed E-state index contributed by atoms with van der Waals surface area (Å²) in [5.41, 5.74) is 13.0. The lowest BCUT2D eigenvalue weighted by molar-refractivity contribution is 0.436. The molecule has 1 spiro atoms. The molecule has 0 N–H and O–H groups in total. The number of hydrogen-bond donors (Lipinski definition) is 0. The molecule has 0 saturated carbocycles. The predicted molar refractivity (Wildman–Crippen MR) is 236 cm³/mol. The molecule has 1 aliphatic carbocycles. The maximum Gasteiger partial charge on any atom is 0.132 e. The van der Waals surface area contributed by atoms with E-state index in [1.165, 1.54) is 104 Å². The molecule has 11 aromatic rings. The molecule has 2 heteroatoms. The number of ether oxygens (including phenoxy) is 1. The summed E-state index contributed by atoms with van der Waals surface area (Å²) in [7, 11) is 0. The van der Waals surface area contributed by atoms with Gasteiger partial charge in [0.15, 0.2) is 0 Å². The van der Waals surface area contributed by atoms with Crippen LogP contribution in [0, 0.1) is 0 Å². The number of benzene rings is 10. The van der Waals surface area contributed by atoms with Crippen LogP contribution in [-0.4, -0.2) is 4.57 Å². The van der Waals surface area contributed by atoms with E-state index in [4.69, 9.17) is 4.74 Å². The van der Waals surface area contributed by atoms with Gasteiger partial charge in [0.25, 0.3) is 0 Å². The van der Waals surface area contributed by atoms with E-state index in [0.717, 1.165) is 11.5 Å². The molecule has 0 unspecified atom stereocenters. The monoisotopic (exact) mass is 723 g/mol. The fourth-order valence-electron chi connectivity index (χ4n) is 10.5. The first-order chi connectivity index (χ1) is 28.3. The van der Waals surface area contributed by atoms with Crippen molar-refractivity contribution in [3.8, 4) is 39.4 Å². The van der Waals surface area contributed by atoms with Crippen molar-refractivity contribution in [3.05, 3.63) is 222 Å². The molecule has 1 aliphatic heterocycles. The normalized spacial score (nSPS) is 13.5. The van der Waals surface area contributed by atoms with E-state index < -0.39 is 5.41 Å². The van der Waals surface area contributed by atoms with Gasteiger partial charge in [-0.15, -0.1) is 0 Å². The van der Waals surface area contributed by atoms with Gasteiger partial charge >= 0.3 is 0 Å². The van der Waals surface area contributed by atoms with Crippen molar-refractivity contribution < 1.29 is 4.74 Å². The Bertz CT molecular complexity index is 3430. The number of aromatic nitrogens is 1. The van der Waals surface area contributed by atoms with Crippen LogP contribution in [0.3, 0.4) is 0 Å². The minimum Gasteiger partial charge on any atom is -0.457 e. The van der Waals surface area contributed by atoms with E-state index in [0.29, 0.717) is 0 Å². The number of hydrogen-bond acceptors (Lipinski definition) is 1. The first-order valence-electron chi connectivity index (χ1n) is 19.8. The Morgan fingerprint density at radius 2 is 0.825 bits per heavy atom. The number of fused-ring (bicyclic) bond motifs is 18. The molecule has 2 aliphatic rings. The SMILES string of the molecule is c1ccc2c(c1)Oc1ccccc1C21c2ccccc2-c2cc(-c3ccc4c(c3)c3ccccc3n4-c3ccc4c5ccccc5c5ccccc5c4c3)ccc21. The third-order valence-electron chi connectivity index (χ3n) is 12.8. The zero-order chi connectivity index (χ0) is 37.2. The van der Waals surface area contributed by atoms with Crippen LogP contribution in [0.1, 0.15) is 22.3 Å². The molecule has 1 aromatic heterocycles. The summed E-state index contributed by atoms with van der Waals surface area (Å²) in [5.74, 6) is 1.83. The van der Waals surface area contributed by atoms with Crippen LogP contribution in [0.15, 0.2) is 200 Å². The minimum atomic E-state index is -0.468. The molecule has 57 heavy (non-hydrogen) atoms. The van der Waals surface area contributed by atoms with Crippen molar-refractivity contribution in [1.29, 1.82) is 0 Å². The van der Waals surface area contributed by atoms with Gasteiger partial charge in [0.1, 0.15) is 11.5 Å². The van der Waals surface area contributed by atoms with Crippen molar-refractivity contribution in [1.82, 2.24) is 4.57 Å². The van der Waals surface area contributed by atoms with E-state index in [2.05, 4.69) is 205 Å². The van der Waals surface area contributed by atoms with Crippen molar-refractivity contribution in [2.45, 2.75) is 5.41 Å². The summed E-state index contributed by atoms with van der Waals surface area (Å²) >= 11 is 0. The topological polar surface area (TPSA) is 14.2 Å². The lowest BCUT2D eigenvalue weighted by Crippen LogP contribution is -2.32. The molecular formula is C55H33NO. The number of para-hydroxylation sites is 3. The van der Waals surface area contributed by atoms with Crippen LogP contribution in [-0.2, 0) is 5.41 Å². The van der Waals surface area contributed by atoms with Gasteiger partial charge in [-0.1, -0.05) is 152 Å². The number of nitrogens with zero attached hydrogens (tertiary/aromatic N) is 1. The van der Waals surface area contributed by atoms with Gasteiger partial charge in [0.05, 0.1) is 16.4 Å². The lowest BCUT2D eigenvalue weighted by Gasteiger charge is -2.39. The quantitative estimate of drug-likeness (QED) is 0.162. The Morgan fingerprint density at radius 1 is 0.316 bits per heavy atom. The van der Waals surface area contributed by atoms with E-state index >= 15 is 0 Å². The molecule has 0 fully saturated rings. The molecule has 264 valence electrons. The zero-order valence-electron chi connectivity index (χ0n) is 30.9. The van der Waals surface area contributed by atoms with Crippen LogP contribution in [0.4, 0.5) is 0 Å². The maximum absolute atomic E-state index is 6.55. The van der Waals surface area contributed by atoms with Crippen molar-refractivity contribution in [2.75, 3.05) is 0 Å². The van der Waals surface area contributed by atoms with Gasteiger partial charge in [0.2, 0.25) is 0 Å². The van der Waals surface area contributed by atoms with Crippen LogP contribution in [0.5, 0.6) is 11.5 Å². The smallest absolute Gasteiger partial charge is 0.132 e. The molecule has 13 rings (SSSR count). The van der Waals surface area contributed by atoms with Gasteiger partial charge in [0, 0.05) is 27.6 Å². The van der Waals surface area contributed by atoms with Gasteiger partial charge < -0.3 is 9.30 Å². The third kappa shape index (κ3) is 4.04. The van der Waals surface area contributed by atoms with Gasteiger partial charge in [-0.05, 0) is 114 Å². The zero-order valence-corrected chi connectivity index (χ0v) is 30.9. The largest absolute Gasteiger partial charge is 0.457 e. The summed E-state index contributed by atoms with van der Waals surface area (Å²) in [6.07, 6.45) is 0. The minimum absolute atomic E-state index is 0.468. The summed E-state index contributed by atoms with van der Waals surface area (Å²) in [4.78, 5) is 0. The van der Waals surface area contributed by atoms with Crippen molar-refractivity contribution in [3.63, 3.8) is 0 Å². The van der Waals surface area contributed by atoms with Crippen molar-refractivity contribution >= 4 is 54.1 Å². The van der Waals surface area contributed by atoms with Crippen LogP contribution in [0.2, 0.25) is 0 Å². The molecule has 10 aromatic carbocycles. The molecule has 2 nitrogen and oxygen atoms in total. The fourth-order valence-corrected chi connectivity index (χ4v) is 10.5. The van der Waals surface area contributed by atoms with Crippen LogP contribution in [0.25, 0.3) is 82.1 Å². The lowest BCUT2D eigenvalue weighted by atomic mass is 9.66. The summed E-state index contributed by atoms with van der Waals surface area (Å²) in [5, 5.41) is 10.2. The van der Waals surface area contributed by atoms with Gasteiger partial charge in [-0.25, -0.2) is 0 Å². The van der Waals surface area contributed by atoms with Crippen LogP contribution < -0.4 is 4.74 Å². The fraction of sp³-hybridized carbons (Fsp3) is 0.0182. The Balaban J connectivity index is 1.01. The first kappa shape index (κ1) is 30.9. The highest BCUT2D eigenvalue weighted by molar-refractivity contribution is 6.25. The Kier molecular flexibility index (Phi) is 6.13. The molecule has 0 bridgehead atoms. The molecule has 2 heterocycles. The molecular weight excluding hydrogens is 691 g/mol. The second-order valence-corrected chi connectivity index (χ2v) is 15.6. The standard InChI is InChI=1S/C55H33NO/c1-2-15-39-37(13-1)38-14-3-4-16-40(38)44-33-36(27-28-41(39)44)56-51-22-10-6-18-43(51)46-32-35(26-30-52(46)56)34-25-29-48-45(31-34)42-17-5-7-19-47(42)55(48)49-20-8-11-23-53(49)57-54-24-12-9-21-50(54)55/h1-33H. The van der Waals surface area contributed by atoms with E-state index in [-0.39, 0.29) is 0 Å². The third-order valence-corrected chi connectivity index (χ3v) is 12.8. The summed E-state index contributed by atoms with van der Waals surface area (Å²) < 4.78 is 9.00. The Hall–Kier alpha value is -7.42. The van der Waals surface area contributed by atoms with Gasteiger partial charge in [-0.2, -0.15) is 0 Å². The average molecular weight is 724 g/mol. The molecule has 0 amide bonds. The maximum atomic E-state index is 6.55. The van der Waals surface area contributed by atoms with E-state index in [1.54, 1.807) is 0 Å². The summed E-state index contributed by atoms with van der Waals surface area (Å²) in [6, 6.07) is 73.7. The molecule has 0 atom stereocenters. The second-order valence-electron chi connectivity index (χ2n) is 15.6. The second kappa shape index (κ2) is 11.3. The Labute approximate surface area is 329 Å². The van der Waals surface area contributed by atoms with Gasteiger partial charge in [-0.3, -0.25) is 0 Å². The average Bonchev–Trinajstić information content (AvgIpc) is 3.76. The highest BCUT2D eigenvalue weighted by atomic mass is 16.5. The Morgan fingerprint density at radius 3 is 1.54 bits per heavy atom. The first-order valence-corrected chi connectivity index (χ1v) is 19.8. The highest BCUT2D eigenvalue weighted by Gasteiger charge is 2.50. The molecule has 0 saturated heterocycles. The van der Waals surface area contributed by atoms with Crippen molar-refractivity contribution in [2.24, 2.45) is 0 Å². The van der Waals surface area contributed by atoms with E-state index in [9.17, 15) is 0 Å².